The summed E-state index contributed by atoms with van der Waals surface area (Å²) in [6, 6.07) is 13.9. The molecule has 0 atom stereocenters. The number of benzene rings is 1. The number of methoxy groups -OCH3 is 1. The number of hydrogen-bond donors (Lipinski definition) is 0. The highest BCUT2D eigenvalue weighted by molar-refractivity contribution is 7.14. The summed E-state index contributed by atoms with van der Waals surface area (Å²) < 4.78 is 4.72. The molecule has 0 amide bonds. The Morgan fingerprint density at radius 1 is 1.19 bits per heavy atom. The van der Waals surface area contributed by atoms with Crippen LogP contribution in [0.5, 0.6) is 0 Å². The van der Waals surface area contributed by atoms with E-state index in [1.807, 2.05) is 24.3 Å². The van der Waals surface area contributed by atoms with Crippen LogP contribution in [-0.2, 0) is 11.2 Å². The minimum Gasteiger partial charge on any atom is -0.465 e. The van der Waals surface area contributed by atoms with Crippen molar-refractivity contribution in [2.24, 2.45) is 0 Å². The number of hydrogen-bond acceptors (Lipinski definition) is 5. The van der Waals surface area contributed by atoms with Gasteiger partial charge >= 0.3 is 5.97 Å². The molecule has 0 spiro atoms. The second-order valence-electron chi connectivity index (χ2n) is 4.43. The molecule has 2 heterocycles. The molecule has 0 radical (unpaired) electrons. The number of thiophene rings is 1. The highest BCUT2D eigenvalue weighted by Gasteiger charge is 2.11. The fraction of sp³-hybridized carbons (Fsp3) is 0.125. The van der Waals surface area contributed by atoms with Crippen LogP contribution in [0.3, 0.4) is 0 Å². The van der Waals surface area contributed by atoms with Crippen LogP contribution in [0.2, 0.25) is 0 Å². The zero-order chi connectivity index (χ0) is 14.7. The Morgan fingerprint density at radius 2 is 2.00 bits per heavy atom. The number of ether oxygens (including phenoxy) is 1. The van der Waals surface area contributed by atoms with Gasteiger partial charge in [-0.05, 0) is 12.1 Å². The third kappa shape index (κ3) is 3.20. The first-order chi connectivity index (χ1) is 10.3. The molecule has 21 heavy (non-hydrogen) atoms. The van der Waals surface area contributed by atoms with Gasteiger partial charge in [0.25, 0.3) is 0 Å². The van der Waals surface area contributed by atoms with Crippen molar-refractivity contribution in [1.29, 1.82) is 0 Å². The predicted molar refractivity (Wildman–Crippen MR) is 86.0 cm³/mol. The number of carbonyl (C=O) groups is 1. The van der Waals surface area contributed by atoms with Crippen LogP contribution in [0.1, 0.15) is 19.6 Å². The van der Waals surface area contributed by atoms with Crippen LogP contribution in [-0.4, -0.2) is 18.1 Å². The van der Waals surface area contributed by atoms with Gasteiger partial charge in [0, 0.05) is 22.2 Å². The number of thiazole rings is 1. The lowest BCUT2D eigenvalue weighted by molar-refractivity contribution is 0.0606. The highest BCUT2D eigenvalue weighted by Crippen LogP contribution is 2.25. The molecule has 3 aromatic rings. The van der Waals surface area contributed by atoms with Gasteiger partial charge < -0.3 is 4.74 Å². The lowest BCUT2D eigenvalue weighted by atomic mass is 10.2. The van der Waals surface area contributed by atoms with Crippen LogP contribution < -0.4 is 0 Å². The summed E-state index contributed by atoms with van der Waals surface area (Å²) in [5, 5.41) is 3.12. The Kier molecular flexibility index (Phi) is 4.13. The van der Waals surface area contributed by atoms with E-state index in [0.717, 1.165) is 27.6 Å². The molecule has 0 unspecified atom stereocenters. The molecule has 0 saturated carbocycles. The molecule has 0 fully saturated rings. The maximum absolute atomic E-state index is 11.4. The molecule has 0 saturated heterocycles. The lowest BCUT2D eigenvalue weighted by Crippen LogP contribution is -1.96. The normalized spacial score (nSPS) is 10.5. The third-order valence-corrected chi connectivity index (χ3v) is 4.91. The zero-order valence-electron chi connectivity index (χ0n) is 11.4. The Balaban J connectivity index is 1.76. The Hall–Kier alpha value is -1.98. The molecule has 0 N–H and O–H groups in total. The van der Waals surface area contributed by atoms with E-state index in [-0.39, 0.29) is 5.97 Å². The van der Waals surface area contributed by atoms with Gasteiger partial charge in [-0.15, -0.1) is 22.7 Å². The Morgan fingerprint density at radius 3 is 2.76 bits per heavy atom. The molecular weight excluding hydrogens is 302 g/mol. The molecule has 3 nitrogen and oxygen atoms in total. The van der Waals surface area contributed by atoms with Gasteiger partial charge in [-0.1, -0.05) is 30.3 Å². The standard InChI is InChI=1S/C16H13NO2S2/c1-19-16(18)14-8-7-12(21-14)9-15-17-13(10-20-15)11-5-3-2-4-6-11/h2-8,10H,9H2,1H3. The molecule has 106 valence electrons. The first-order valence-electron chi connectivity index (χ1n) is 6.43. The molecular formula is C16H13NO2S2. The van der Waals surface area contributed by atoms with Gasteiger partial charge in [0.05, 0.1) is 17.8 Å². The maximum atomic E-state index is 11.4. The second-order valence-corrected chi connectivity index (χ2v) is 6.54. The van der Waals surface area contributed by atoms with E-state index in [2.05, 4.69) is 22.5 Å². The topological polar surface area (TPSA) is 39.2 Å². The van der Waals surface area contributed by atoms with Crippen LogP contribution in [0, 0.1) is 0 Å². The van der Waals surface area contributed by atoms with Crippen molar-refractivity contribution < 1.29 is 9.53 Å². The minimum atomic E-state index is -0.282. The summed E-state index contributed by atoms with van der Waals surface area (Å²) in [6.45, 7) is 0. The van der Waals surface area contributed by atoms with Crippen molar-refractivity contribution in [2.45, 2.75) is 6.42 Å². The van der Waals surface area contributed by atoms with Crippen molar-refractivity contribution in [3.63, 3.8) is 0 Å². The summed E-state index contributed by atoms with van der Waals surface area (Å²) in [6.07, 6.45) is 0.749. The van der Waals surface area contributed by atoms with E-state index in [9.17, 15) is 4.79 Å². The van der Waals surface area contributed by atoms with E-state index in [1.165, 1.54) is 18.4 Å². The number of aromatic nitrogens is 1. The van der Waals surface area contributed by atoms with Crippen molar-refractivity contribution in [2.75, 3.05) is 7.11 Å². The lowest BCUT2D eigenvalue weighted by Gasteiger charge is -1.95. The average Bonchev–Trinajstić information content (AvgIpc) is 3.17. The van der Waals surface area contributed by atoms with E-state index in [0.29, 0.717) is 4.88 Å². The molecule has 0 bridgehead atoms. The zero-order valence-corrected chi connectivity index (χ0v) is 13.0. The first-order valence-corrected chi connectivity index (χ1v) is 8.13. The number of esters is 1. The molecule has 2 aromatic heterocycles. The van der Waals surface area contributed by atoms with Crippen LogP contribution in [0.4, 0.5) is 0 Å². The number of rotatable bonds is 4. The van der Waals surface area contributed by atoms with Gasteiger partial charge in [-0.25, -0.2) is 9.78 Å². The van der Waals surface area contributed by atoms with Crippen molar-refractivity contribution in [3.05, 3.63) is 62.6 Å². The predicted octanol–water partition coefficient (Wildman–Crippen LogP) is 4.25. The van der Waals surface area contributed by atoms with Gasteiger partial charge in [-0.3, -0.25) is 0 Å². The van der Waals surface area contributed by atoms with E-state index in [1.54, 1.807) is 17.4 Å². The molecule has 5 heteroatoms. The smallest absolute Gasteiger partial charge is 0.348 e. The van der Waals surface area contributed by atoms with E-state index >= 15 is 0 Å². The molecule has 0 aliphatic heterocycles. The SMILES string of the molecule is COC(=O)c1ccc(Cc2nc(-c3ccccc3)cs2)s1. The van der Waals surface area contributed by atoms with Crippen LogP contribution in [0.15, 0.2) is 47.8 Å². The van der Waals surface area contributed by atoms with Gasteiger partial charge in [0.2, 0.25) is 0 Å². The average molecular weight is 315 g/mol. The van der Waals surface area contributed by atoms with E-state index < -0.39 is 0 Å². The largest absolute Gasteiger partial charge is 0.465 e. The maximum Gasteiger partial charge on any atom is 0.348 e. The Labute approximate surface area is 130 Å². The fourth-order valence-corrected chi connectivity index (χ4v) is 3.81. The first kappa shape index (κ1) is 14.0. The van der Waals surface area contributed by atoms with E-state index in [4.69, 9.17) is 4.74 Å². The molecule has 0 aliphatic rings. The minimum absolute atomic E-state index is 0.282. The van der Waals surface area contributed by atoms with Crippen LogP contribution in [0.25, 0.3) is 11.3 Å². The summed E-state index contributed by atoms with van der Waals surface area (Å²) >= 11 is 3.10. The Bertz CT molecular complexity index is 746. The highest BCUT2D eigenvalue weighted by atomic mass is 32.1. The molecule has 3 rings (SSSR count). The van der Waals surface area contributed by atoms with Gasteiger partial charge in [0.15, 0.2) is 0 Å². The third-order valence-electron chi connectivity index (χ3n) is 2.99. The second kappa shape index (κ2) is 6.20. The summed E-state index contributed by atoms with van der Waals surface area (Å²) in [5.74, 6) is -0.282. The van der Waals surface area contributed by atoms with Crippen LogP contribution >= 0.6 is 22.7 Å². The quantitative estimate of drug-likeness (QED) is 0.676. The molecule has 0 aliphatic carbocycles. The summed E-state index contributed by atoms with van der Waals surface area (Å²) in [4.78, 5) is 17.8. The molecule has 1 aromatic carbocycles. The van der Waals surface area contributed by atoms with Gasteiger partial charge in [-0.2, -0.15) is 0 Å². The number of carbonyl (C=O) groups excluding carboxylic acids is 1. The monoisotopic (exact) mass is 315 g/mol. The summed E-state index contributed by atoms with van der Waals surface area (Å²) in [7, 11) is 1.40. The summed E-state index contributed by atoms with van der Waals surface area (Å²) in [5.41, 5.74) is 2.13. The number of nitrogens with zero attached hydrogens (tertiary/aromatic N) is 1. The van der Waals surface area contributed by atoms with Crippen molar-refractivity contribution >= 4 is 28.6 Å². The van der Waals surface area contributed by atoms with Crippen molar-refractivity contribution in [3.8, 4) is 11.3 Å². The van der Waals surface area contributed by atoms with Crippen molar-refractivity contribution in [1.82, 2.24) is 4.98 Å². The van der Waals surface area contributed by atoms with Gasteiger partial charge in [0.1, 0.15) is 4.88 Å². The fourth-order valence-electron chi connectivity index (χ4n) is 1.97.